The summed E-state index contributed by atoms with van der Waals surface area (Å²) in [4.78, 5) is 0. The molecule has 0 spiro atoms. The van der Waals surface area contributed by atoms with Crippen LogP contribution < -0.4 is 5.73 Å². The summed E-state index contributed by atoms with van der Waals surface area (Å²) in [7, 11) is 0. The maximum Gasteiger partial charge on any atom is 0.105 e. The van der Waals surface area contributed by atoms with Crippen molar-refractivity contribution in [3.8, 4) is 0 Å². The molecule has 2 nitrogen and oxygen atoms in total. The first-order valence-corrected chi connectivity index (χ1v) is 4.22. The predicted molar refractivity (Wildman–Crippen MR) is 39.1 cm³/mol. The van der Waals surface area contributed by atoms with Gasteiger partial charge in [-0.1, -0.05) is 0 Å². The SMILES string of the molecule is NC(O)C(C1CC1)C1CC1. The molecule has 0 saturated heterocycles. The fourth-order valence-corrected chi connectivity index (χ4v) is 1.90. The summed E-state index contributed by atoms with van der Waals surface area (Å²) in [6, 6.07) is 0. The molecule has 0 amide bonds. The first-order chi connectivity index (χ1) is 4.79. The van der Waals surface area contributed by atoms with E-state index in [1.165, 1.54) is 25.7 Å². The zero-order valence-corrected chi connectivity index (χ0v) is 6.16. The lowest BCUT2D eigenvalue weighted by Gasteiger charge is -2.17. The summed E-state index contributed by atoms with van der Waals surface area (Å²) in [5, 5.41) is 9.21. The van der Waals surface area contributed by atoms with Gasteiger partial charge in [0.25, 0.3) is 0 Å². The number of nitrogens with two attached hydrogens (primary N) is 1. The third-order valence-electron chi connectivity index (χ3n) is 2.73. The molecule has 10 heavy (non-hydrogen) atoms. The Morgan fingerprint density at radius 2 is 1.50 bits per heavy atom. The Balaban J connectivity index is 1.92. The summed E-state index contributed by atoms with van der Waals surface area (Å²) in [6.45, 7) is 0. The third-order valence-corrected chi connectivity index (χ3v) is 2.73. The molecule has 0 aliphatic heterocycles. The van der Waals surface area contributed by atoms with E-state index in [1.807, 2.05) is 0 Å². The van der Waals surface area contributed by atoms with Crippen LogP contribution in [0.1, 0.15) is 25.7 Å². The Kier molecular flexibility index (Phi) is 1.46. The lowest BCUT2D eigenvalue weighted by atomic mass is 9.96. The molecule has 0 bridgehead atoms. The van der Waals surface area contributed by atoms with Crippen molar-refractivity contribution in [2.75, 3.05) is 0 Å². The van der Waals surface area contributed by atoms with E-state index < -0.39 is 6.23 Å². The highest BCUT2D eigenvalue weighted by atomic mass is 16.3. The summed E-state index contributed by atoms with van der Waals surface area (Å²) in [5.74, 6) is 1.99. The van der Waals surface area contributed by atoms with Crippen molar-refractivity contribution in [3.63, 3.8) is 0 Å². The first kappa shape index (κ1) is 6.62. The molecule has 0 aromatic carbocycles. The van der Waals surface area contributed by atoms with Gasteiger partial charge in [-0.05, 0) is 37.5 Å². The number of hydrogen-bond donors (Lipinski definition) is 2. The molecular weight excluding hydrogens is 126 g/mol. The van der Waals surface area contributed by atoms with E-state index in [0.717, 1.165) is 11.8 Å². The van der Waals surface area contributed by atoms with Crippen molar-refractivity contribution < 1.29 is 5.11 Å². The molecule has 0 heterocycles. The Bertz CT molecular complexity index is 112. The molecule has 3 N–H and O–H groups in total. The van der Waals surface area contributed by atoms with Crippen LogP contribution >= 0.6 is 0 Å². The standard InChI is InChI=1S/C8H15NO/c9-8(10)7(5-1-2-5)6-3-4-6/h5-8,10H,1-4,9H2. The van der Waals surface area contributed by atoms with Crippen molar-refractivity contribution >= 4 is 0 Å². The van der Waals surface area contributed by atoms with Crippen molar-refractivity contribution in [2.24, 2.45) is 23.5 Å². The van der Waals surface area contributed by atoms with Gasteiger partial charge in [0, 0.05) is 5.92 Å². The normalized spacial score (nSPS) is 29.1. The van der Waals surface area contributed by atoms with Gasteiger partial charge in [-0.25, -0.2) is 0 Å². The molecule has 58 valence electrons. The van der Waals surface area contributed by atoms with Gasteiger partial charge in [-0.3, -0.25) is 0 Å². The van der Waals surface area contributed by atoms with E-state index in [4.69, 9.17) is 5.73 Å². The second-order valence-corrected chi connectivity index (χ2v) is 3.74. The van der Waals surface area contributed by atoms with Crippen LogP contribution in [0.4, 0.5) is 0 Å². The van der Waals surface area contributed by atoms with Crippen molar-refractivity contribution in [1.29, 1.82) is 0 Å². The van der Waals surface area contributed by atoms with E-state index in [9.17, 15) is 5.11 Å². The maximum atomic E-state index is 9.21. The van der Waals surface area contributed by atoms with Crippen LogP contribution in [-0.2, 0) is 0 Å². The quantitative estimate of drug-likeness (QED) is 0.568. The Morgan fingerprint density at radius 1 is 1.10 bits per heavy atom. The van der Waals surface area contributed by atoms with Crippen LogP contribution in [0.5, 0.6) is 0 Å². The minimum atomic E-state index is -0.542. The van der Waals surface area contributed by atoms with Gasteiger partial charge in [0.2, 0.25) is 0 Å². The van der Waals surface area contributed by atoms with Gasteiger partial charge in [0.1, 0.15) is 6.23 Å². The van der Waals surface area contributed by atoms with Gasteiger partial charge in [-0.15, -0.1) is 0 Å². The number of hydrogen-bond acceptors (Lipinski definition) is 2. The van der Waals surface area contributed by atoms with Gasteiger partial charge in [-0.2, -0.15) is 0 Å². The molecule has 2 heteroatoms. The average molecular weight is 141 g/mol. The van der Waals surface area contributed by atoms with E-state index in [2.05, 4.69) is 0 Å². The molecule has 2 aliphatic rings. The fraction of sp³-hybridized carbons (Fsp3) is 1.00. The van der Waals surface area contributed by atoms with Gasteiger partial charge >= 0.3 is 0 Å². The minimum absolute atomic E-state index is 0.444. The molecule has 0 aromatic rings. The van der Waals surface area contributed by atoms with Crippen molar-refractivity contribution in [3.05, 3.63) is 0 Å². The highest BCUT2D eigenvalue weighted by molar-refractivity contribution is 4.93. The van der Waals surface area contributed by atoms with Crippen LogP contribution in [-0.4, -0.2) is 11.3 Å². The van der Waals surface area contributed by atoms with Crippen LogP contribution in [0, 0.1) is 17.8 Å². The Labute approximate surface area is 61.4 Å². The number of rotatable bonds is 3. The minimum Gasteiger partial charge on any atom is -0.379 e. The molecule has 2 saturated carbocycles. The number of aliphatic hydroxyl groups is 1. The second-order valence-electron chi connectivity index (χ2n) is 3.74. The zero-order valence-electron chi connectivity index (χ0n) is 6.16. The summed E-state index contributed by atoms with van der Waals surface area (Å²) in [5.41, 5.74) is 5.47. The molecule has 0 radical (unpaired) electrons. The van der Waals surface area contributed by atoms with Crippen molar-refractivity contribution in [2.45, 2.75) is 31.9 Å². The highest BCUT2D eigenvalue weighted by Gasteiger charge is 2.43. The smallest absolute Gasteiger partial charge is 0.105 e. The van der Waals surface area contributed by atoms with Crippen molar-refractivity contribution in [1.82, 2.24) is 0 Å². The number of aliphatic hydroxyl groups excluding tert-OH is 1. The van der Waals surface area contributed by atoms with Gasteiger partial charge in [0.15, 0.2) is 0 Å². The topological polar surface area (TPSA) is 46.2 Å². The van der Waals surface area contributed by atoms with E-state index in [0.29, 0.717) is 5.92 Å². The van der Waals surface area contributed by atoms with E-state index >= 15 is 0 Å². The zero-order chi connectivity index (χ0) is 7.14. The first-order valence-electron chi connectivity index (χ1n) is 4.22. The molecule has 2 rings (SSSR count). The van der Waals surface area contributed by atoms with E-state index in [-0.39, 0.29) is 0 Å². The maximum absolute atomic E-state index is 9.21. The largest absolute Gasteiger partial charge is 0.379 e. The molecular formula is C8H15NO. The predicted octanol–water partition coefficient (Wildman–Crippen LogP) is 0.700. The van der Waals surface area contributed by atoms with Crippen LogP contribution in [0.2, 0.25) is 0 Å². The third kappa shape index (κ3) is 1.18. The van der Waals surface area contributed by atoms with Gasteiger partial charge < -0.3 is 10.8 Å². The monoisotopic (exact) mass is 141 g/mol. The van der Waals surface area contributed by atoms with E-state index in [1.54, 1.807) is 0 Å². The summed E-state index contributed by atoms with van der Waals surface area (Å²) >= 11 is 0. The molecule has 1 unspecified atom stereocenters. The van der Waals surface area contributed by atoms with Crippen LogP contribution in [0.3, 0.4) is 0 Å². The fourth-order valence-electron chi connectivity index (χ4n) is 1.90. The molecule has 2 fully saturated rings. The van der Waals surface area contributed by atoms with Crippen LogP contribution in [0.15, 0.2) is 0 Å². The summed E-state index contributed by atoms with van der Waals surface area (Å²) in [6.07, 6.45) is 4.66. The van der Waals surface area contributed by atoms with Gasteiger partial charge in [0.05, 0.1) is 0 Å². The highest BCUT2D eigenvalue weighted by Crippen LogP contribution is 2.49. The lowest BCUT2D eigenvalue weighted by molar-refractivity contribution is 0.0882. The average Bonchev–Trinajstić information content (AvgIpc) is 2.49. The molecule has 1 atom stereocenters. The second kappa shape index (κ2) is 2.21. The molecule has 2 aliphatic carbocycles. The Morgan fingerprint density at radius 3 is 1.70 bits per heavy atom. The summed E-state index contributed by atoms with van der Waals surface area (Å²) < 4.78 is 0. The molecule has 0 aromatic heterocycles. The van der Waals surface area contributed by atoms with Crippen LogP contribution in [0.25, 0.3) is 0 Å². The Hall–Kier alpha value is -0.0800. The lowest BCUT2D eigenvalue weighted by Crippen LogP contribution is -2.32.